The van der Waals surface area contributed by atoms with Crippen molar-refractivity contribution >= 4 is 57.6 Å². The van der Waals surface area contributed by atoms with Crippen LogP contribution in [-0.2, 0) is 4.74 Å². The van der Waals surface area contributed by atoms with Gasteiger partial charge in [-0.25, -0.2) is 9.78 Å². The summed E-state index contributed by atoms with van der Waals surface area (Å²) in [5, 5.41) is 5.24. The molecule has 3 rings (SSSR count). The molecule has 1 aromatic carbocycles. The Balaban J connectivity index is 1.68. The first kappa shape index (κ1) is 18.4. The van der Waals surface area contributed by atoms with Gasteiger partial charge in [-0.2, -0.15) is 0 Å². The molecule has 6 nitrogen and oxygen atoms in total. The molecule has 26 heavy (non-hydrogen) atoms. The minimum Gasteiger partial charge on any atom is -0.452 e. The van der Waals surface area contributed by atoms with Crippen molar-refractivity contribution in [1.82, 2.24) is 4.98 Å². The zero-order valence-electron chi connectivity index (χ0n) is 13.9. The smallest absolute Gasteiger partial charge is 0.413 e. The number of nitrogens with zero attached hydrogens (tertiary/aromatic N) is 2. The Morgan fingerprint density at radius 2 is 1.92 bits per heavy atom. The van der Waals surface area contributed by atoms with Gasteiger partial charge in [-0.1, -0.05) is 11.6 Å². The van der Waals surface area contributed by atoms with E-state index >= 15 is 0 Å². The Kier molecular flexibility index (Phi) is 5.55. The highest BCUT2D eigenvalue weighted by Crippen LogP contribution is 2.33. The average molecular weight is 408 g/mol. The second kappa shape index (κ2) is 7.86. The van der Waals surface area contributed by atoms with Crippen LogP contribution in [0.25, 0.3) is 9.88 Å². The van der Waals surface area contributed by atoms with Gasteiger partial charge in [0.05, 0.1) is 16.3 Å². The molecule has 0 radical (unpaired) electrons. The minimum atomic E-state index is -0.467. The van der Waals surface area contributed by atoms with E-state index in [-0.39, 0.29) is 5.91 Å². The molecule has 3 aromatic rings. The SMILES string of the molecule is COC(=O)N(C)c1ccc(NC(=O)c2csc(-c3ccc(Cl)s3)n2)cc1. The number of methoxy groups -OCH3 is 1. The lowest BCUT2D eigenvalue weighted by Gasteiger charge is -2.15. The van der Waals surface area contributed by atoms with Crippen molar-refractivity contribution in [2.45, 2.75) is 0 Å². The van der Waals surface area contributed by atoms with Gasteiger partial charge in [-0.15, -0.1) is 22.7 Å². The zero-order chi connectivity index (χ0) is 18.7. The lowest BCUT2D eigenvalue weighted by Crippen LogP contribution is -2.25. The molecule has 0 aliphatic heterocycles. The maximum Gasteiger partial charge on any atom is 0.413 e. The van der Waals surface area contributed by atoms with Crippen molar-refractivity contribution in [3.63, 3.8) is 0 Å². The predicted octanol–water partition coefficient (Wildman–Crippen LogP) is 4.98. The zero-order valence-corrected chi connectivity index (χ0v) is 16.2. The predicted molar refractivity (Wildman–Crippen MR) is 106 cm³/mol. The Hall–Kier alpha value is -2.42. The van der Waals surface area contributed by atoms with E-state index in [1.165, 1.54) is 34.7 Å². The van der Waals surface area contributed by atoms with Crippen LogP contribution in [0.1, 0.15) is 10.5 Å². The van der Waals surface area contributed by atoms with Crippen LogP contribution in [0, 0.1) is 0 Å². The molecule has 0 fully saturated rings. The second-order valence-corrected chi connectivity index (χ2v) is 7.74. The van der Waals surface area contributed by atoms with Gasteiger partial charge in [-0.3, -0.25) is 9.69 Å². The molecule has 0 aliphatic carbocycles. The number of halogens is 1. The lowest BCUT2D eigenvalue weighted by atomic mass is 10.2. The normalized spacial score (nSPS) is 10.4. The third-order valence-electron chi connectivity index (χ3n) is 3.48. The van der Waals surface area contributed by atoms with Crippen molar-refractivity contribution in [2.24, 2.45) is 0 Å². The number of carbonyl (C=O) groups is 2. The summed E-state index contributed by atoms with van der Waals surface area (Å²) in [5.41, 5.74) is 1.59. The molecule has 0 saturated carbocycles. The third kappa shape index (κ3) is 4.04. The number of carbonyl (C=O) groups excluding carboxylic acids is 2. The van der Waals surface area contributed by atoms with Gasteiger partial charge >= 0.3 is 6.09 Å². The Labute approximate surface area is 163 Å². The molecule has 1 N–H and O–H groups in total. The number of rotatable bonds is 4. The number of thiazole rings is 1. The van der Waals surface area contributed by atoms with E-state index in [9.17, 15) is 9.59 Å². The summed E-state index contributed by atoms with van der Waals surface area (Å²) in [4.78, 5) is 30.5. The van der Waals surface area contributed by atoms with Crippen molar-refractivity contribution in [3.8, 4) is 9.88 Å². The molecular weight excluding hydrogens is 394 g/mol. The molecule has 0 spiro atoms. The van der Waals surface area contributed by atoms with Crippen molar-refractivity contribution in [1.29, 1.82) is 0 Å². The van der Waals surface area contributed by atoms with Gasteiger partial charge in [0.1, 0.15) is 10.7 Å². The van der Waals surface area contributed by atoms with E-state index in [4.69, 9.17) is 11.6 Å². The summed E-state index contributed by atoms with van der Waals surface area (Å²) in [6.07, 6.45) is -0.467. The summed E-state index contributed by atoms with van der Waals surface area (Å²) in [5.74, 6) is -0.302. The fourth-order valence-corrected chi connectivity index (χ4v) is 4.04. The topological polar surface area (TPSA) is 71.5 Å². The lowest BCUT2D eigenvalue weighted by molar-refractivity contribution is 0.102. The number of benzene rings is 1. The van der Waals surface area contributed by atoms with Crippen molar-refractivity contribution < 1.29 is 14.3 Å². The molecule has 2 amide bonds. The first-order valence-corrected chi connectivity index (χ1v) is 9.49. The fourth-order valence-electron chi connectivity index (χ4n) is 2.13. The number of anilines is 2. The van der Waals surface area contributed by atoms with Gasteiger partial charge < -0.3 is 10.1 Å². The maximum absolute atomic E-state index is 12.4. The van der Waals surface area contributed by atoms with Crippen LogP contribution < -0.4 is 10.2 Å². The van der Waals surface area contributed by atoms with Crippen molar-refractivity contribution in [2.75, 3.05) is 24.4 Å². The number of hydrogen-bond donors (Lipinski definition) is 1. The molecule has 0 unspecified atom stereocenters. The monoisotopic (exact) mass is 407 g/mol. The van der Waals surface area contributed by atoms with Gasteiger partial charge in [0.15, 0.2) is 0 Å². The van der Waals surface area contributed by atoms with Gasteiger partial charge in [0.2, 0.25) is 0 Å². The third-order valence-corrected chi connectivity index (χ3v) is 5.72. The van der Waals surface area contributed by atoms with E-state index < -0.39 is 6.09 Å². The number of hydrogen-bond acceptors (Lipinski definition) is 6. The summed E-state index contributed by atoms with van der Waals surface area (Å²) in [6, 6.07) is 10.5. The molecule has 0 aliphatic rings. The number of nitrogens with one attached hydrogen (secondary N) is 1. The highest BCUT2D eigenvalue weighted by Gasteiger charge is 2.14. The molecule has 0 bridgehead atoms. The van der Waals surface area contributed by atoms with Crippen LogP contribution in [-0.4, -0.2) is 31.1 Å². The van der Waals surface area contributed by atoms with Crippen LogP contribution >= 0.6 is 34.3 Å². The molecule has 0 atom stereocenters. The van der Waals surface area contributed by atoms with E-state index in [1.54, 1.807) is 42.8 Å². The average Bonchev–Trinajstić information content (AvgIpc) is 3.30. The van der Waals surface area contributed by atoms with E-state index in [0.717, 1.165) is 9.88 Å². The molecule has 2 aromatic heterocycles. The Morgan fingerprint density at radius 1 is 1.19 bits per heavy atom. The maximum atomic E-state index is 12.4. The van der Waals surface area contributed by atoms with Crippen LogP contribution in [0.2, 0.25) is 4.34 Å². The van der Waals surface area contributed by atoms with E-state index in [0.29, 0.717) is 21.4 Å². The van der Waals surface area contributed by atoms with E-state index in [2.05, 4.69) is 15.0 Å². The highest BCUT2D eigenvalue weighted by molar-refractivity contribution is 7.23. The molecule has 2 heterocycles. The van der Waals surface area contributed by atoms with Crippen LogP contribution in [0.4, 0.5) is 16.2 Å². The summed E-state index contributed by atoms with van der Waals surface area (Å²) in [6.45, 7) is 0. The largest absolute Gasteiger partial charge is 0.452 e. The fraction of sp³-hybridized carbons (Fsp3) is 0.118. The Bertz CT molecular complexity index is 937. The molecule has 134 valence electrons. The summed E-state index contributed by atoms with van der Waals surface area (Å²) in [7, 11) is 2.92. The van der Waals surface area contributed by atoms with Crippen LogP contribution in [0.3, 0.4) is 0 Å². The first-order chi connectivity index (χ1) is 12.5. The summed E-state index contributed by atoms with van der Waals surface area (Å²) >= 11 is 8.74. The van der Waals surface area contributed by atoms with Gasteiger partial charge in [-0.05, 0) is 36.4 Å². The molecular formula is C17H14ClN3O3S2. The number of aromatic nitrogens is 1. The number of amides is 2. The second-order valence-electron chi connectivity index (χ2n) is 5.17. The van der Waals surface area contributed by atoms with Gasteiger partial charge in [0, 0.05) is 23.8 Å². The first-order valence-electron chi connectivity index (χ1n) is 7.42. The minimum absolute atomic E-state index is 0.302. The quantitative estimate of drug-likeness (QED) is 0.662. The van der Waals surface area contributed by atoms with Gasteiger partial charge in [0.25, 0.3) is 5.91 Å². The summed E-state index contributed by atoms with van der Waals surface area (Å²) < 4.78 is 5.34. The van der Waals surface area contributed by atoms with E-state index in [1.807, 2.05) is 6.07 Å². The number of thiophene rings is 1. The van der Waals surface area contributed by atoms with Crippen LogP contribution in [0.15, 0.2) is 41.8 Å². The Morgan fingerprint density at radius 3 is 2.54 bits per heavy atom. The molecule has 0 saturated heterocycles. The number of ether oxygens (including phenoxy) is 1. The highest BCUT2D eigenvalue weighted by atomic mass is 35.5. The van der Waals surface area contributed by atoms with Crippen LogP contribution in [0.5, 0.6) is 0 Å². The van der Waals surface area contributed by atoms with Crippen molar-refractivity contribution in [3.05, 3.63) is 51.8 Å². The molecule has 9 heteroatoms. The standard InChI is InChI=1S/C17H14ClN3O3S2/c1-21(17(23)24-2)11-5-3-10(4-6-11)19-15(22)12-9-25-16(20-12)13-7-8-14(18)26-13/h3-9H,1-2H3,(H,19,22).